The number of aromatic nitrogens is 3. The van der Waals surface area contributed by atoms with Gasteiger partial charge in [-0.25, -0.2) is 14.6 Å². The largest absolute Gasteiger partial charge is 0.465 e. The molecule has 1 aliphatic rings. The van der Waals surface area contributed by atoms with E-state index in [0.29, 0.717) is 29.0 Å². The molecular weight excluding hydrogens is 398 g/mol. The van der Waals surface area contributed by atoms with Crippen LogP contribution in [0.3, 0.4) is 0 Å². The zero-order chi connectivity index (χ0) is 21.5. The minimum Gasteiger partial charge on any atom is -0.465 e. The third-order valence-corrected chi connectivity index (χ3v) is 5.19. The van der Waals surface area contributed by atoms with Gasteiger partial charge >= 0.3 is 12.0 Å². The van der Waals surface area contributed by atoms with Crippen LogP contribution in [0.2, 0.25) is 0 Å². The van der Waals surface area contributed by atoms with Gasteiger partial charge in [0.05, 0.1) is 24.1 Å². The molecule has 2 heterocycles. The molecule has 2 aromatic carbocycles. The van der Waals surface area contributed by atoms with E-state index in [1.807, 2.05) is 12.1 Å². The number of hydrogen-bond acceptors (Lipinski definition) is 5. The van der Waals surface area contributed by atoms with Crippen molar-refractivity contribution < 1.29 is 14.3 Å². The van der Waals surface area contributed by atoms with Gasteiger partial charge in [0.2, 0.25) is 5.65 Å². The fraction of sp³-hybridized carbons (Fsp3) is 0.0909. The molecule has 4 aromatic rings. The number of rotatable bonds is 3. The molecule has 31 heavy (non-hydrogen) atoms. The van der Waals surface area contributed by atoms with Gasteiger partial charge in [0.25, 0.3) is 5.56 Å². The molecule has 0 unspecified atom stereocenters. The molecule has 9 nitrogen and oxygen atoms in total. The summed E-state index contributed by atoms with van der Waals surface area (Å²) in [6.45, 7) is 0. The number of H-pyrrole nitrogens is 1. The molecule has 0 atom stereocenters. The fourth-order valence-corrected chi connectivity index (χ4v) is 3.82. The molecule has 2 aromatic heterocycles. The van der Waals surface area contributed by atoms with Crippen molar-refractivity contribution in [3.63, 3.8) is 0 Å². The predicted octanol–water partition coefficient (Wildman–Crippen LogP) is 3.02. The highest BCUT2D eigenvalue weighted by atomic mass is 16.5. The summed E-state index contributed by atoms with van der Waals surface area (Å²) in [5.41, 5.74) is 5.15. The molecule has 1 aliphatic carbocycles. The summed E-state index contributed by atoms with van der Waals surface area (Å²) in [5, 5.41) is 5.50. The average Bonchev–Trinajstić information content (AvgIpc) is 3.38. The molecule has 0 fully saturated rings. The number of imidazole rings is 1. The van der Waals surface area contributed by atoms with Gasteiger partial charge < -0.3 is 20.4 Å². The number of carbonyl (C=O) groups excluding carboxylic acids is 2. The van der Waals surface area contributed by atoms with E-state index in [1.165, 1.54) is 13.2 Å². The zero-order valence-electron chi connectivity index (χ0n) is 16.4. The first kappa shape index (κ1) is 18.6. The van der Waals surface area contributed by atoms with Crippen LogP contribution < -0.4 is 16.2 Å². The fourth-order valence-electron chi connectivity index (χ4n) is 3.82. The number of hydrogen-bond donors (Lipinski definition) is 3. The Labute approximate surface area is 175 Å². The Morgan fingerprint density at radius 3 is 2.74 bits per heavy atom. The number of benzene rings is 2. The highest BCUT2D eigenvalue weighted by Gasteiger charge is 2.23. The van der Waals surface area contributed by atoms with Crippen LogP contribution in [0.25, 0.3) is 16.9 Å². The first-order chi connectivity index (χ1) is 15.0. The summed E-state index contributed by atoms with van der Waals surface area (Å²) in [6, 6.07) is 11.6. The average molecular weight is 415 g/mol. The van der Waals surface area contributed by atoms with Crippen molar-refractivity contribution in [1.82, 2.24) is 14.4 Å². The maximum absolute atomic E-state index is 12.4. The van der Waals surface area contributed by atoms with E-state index in [4.69, 9.17) is 4.74 Å². The van der Waals surface area contributed by atoms with Crippen molar-refractivity contribution in [2.75, 3.05) is 17.7 Å². The predicted molar refractivity (Wildman–Crippen MR) is 114 cm³/mol. The van der Waals surface area contributed by atoms with Crippen LogP contribution in [-0.4, -0.2) is 33.5 Å². The Kier molecular flexibility index (Phi) is 4.28. The maximum atomic E-state index is 12.4. The van der Waals surface area contributed by atoms with Crippen LogP contribution in [0.5, 0.6) is 0 Å². The Morgan fingerprint density at radius 2 is 1.94 bits per heavy atom. The standard InChI is InChI=1S/C22H17N5O4/c1-31-21(29)12-3-2-4-14(9-12)24-22(30)25-15-5-6-16-13(10-15)11-17-18(16)26-20(28)19-23-7-8-27(17)19/h2-10H,11H2,1H3,(H,26,28)(H2,24,25,30). The molecule has 9 heteroatoms. The van der Waals surface area contributed by atoms with E-state index in [1.54, 1.807) is 41.1 Å². The van der Waals surface area contributed by atoms with Gasteiger partial charge in [-0.05, 0) is 35.9 Å². The highest BCUT2D eigenvalue weighted by Crippen LogP contribution is 2.36. The van der Waals surface area contributed by atoms with Gasteiger partial charge in [0.1, 0.15) is 0 Å². The number of methoxy groups -OCH3 is 1. The van der Waals surface area contributed by atoms with Crippen LogP contribution in [0, 0.1) is 0 Å². The molecule has 0 radical (unpaired) electrons. The number of amides is 2. The van der Waals surface area contributed by atoms with E-state index in [-0.39, 0.29) is 5.56 Å². The number of esters is 1. The molecule has 0 saturated carbocycles. The number of ether oxygens (including phenoxy) is 1. The minimum atomic E-state index is -0.479. The normalized spacial score (nSPS) is 11.6. The second kappa shape index (κ2) is 7.13. The van der Waals surface area contributed by atoms with Gasteiger partial charge in [0.15, 0.2) is 0 Å². The van der Waals surface area contributed by atoms with Crippen LogP contribution in [0.15, 0.2) is 59.7 Å². The number of aromatic amines is 1. The van der Waals surface area contributed by atoms with Crippen molar-refractivity contribution in [1.29, 1.82) is 0 Å². The molecule has 0 spiro atoms. The van der Waals surface area contributed by atoms with Gasteiger partial charge in [0, 0.05) is 35.8 Å². The van der Waals surface area contributed by atoms with E-state index in [2.05, 4.69) is 20.6 Å². The SMILES string of the molecule is COC(=O)c1cccc(NC(=O)Nc2ccc3c(c2)Cc2c-3[nH]c(=O)c3nccn23)c1. The number of anilines is 2. The van der Waals surface area contributed by atoms with Gasteiger partial charge in [-0.15, -0.1) is 0 Å². The van der Waals surface area contributed by atoms with Crippen molar-refractivity contribution in [3.8, 4) is 11.3 Å². The van der Waals surface area contributed by atoms with E-state index < -0.39 is 12.0 Å². The molecule has 0 bridgehead atoms. The summed E-state index contributed by atoms with van der Waals surface area (Å²) in [7, 11) is 1.30. The van der Waals surface area contributed by atoms with Gasteiger partial charge in [-0.3, -0.25) is 9.20 Å². The highest BCUT2D eigenvalue weighted by molar-refractivity contribution is 6.01. The third kappa shape index (κ3) is 3.21. The minimum absolute atomic E-state index is 0.243. The molecule has 154 valence electrons. The van der Waals surface area contributed by atoms with Crippen LogP contribution in [0.4, 0.5) is 16.2 Å². The van der Waals surface area contributed by atoms with Gasteiger partial charge in [-0.1, -0.05) is 12.1 Å². The lowest BCUT2D eigenvalue weighted by Gasteiger charge is -2.10. The molecule has 0 saturated heterocycles. The Morgan fingerprint density at radius 1 is 1.13 bits per heavy atom. The maximum Gasteiger partial charge on any atom is 0.337 e. The Hall–Kier alpha value is -4.40. The quantitative estimate of drug-likeness (QED) is 0.392. The van der Waals surface area contributed by atoms with Crippen LogP contribution >= 0.6 is 0 Å². The summed E-state index contributed by atoms with van der Waals surface area (Å²) in [4.78, 5) is 43.3. The Balaban J connectivity index is 1.36. The van der Waals surface area contributed by atoms with Crippen molar-refractivity contribution in [2.45, 2.75) is 6.42 Å². The lowest BCUT2D eigenvalue weighted by atomic mass is 10.1. The second-order valence-electron chi connectivity index (χ2n) is 7.10. The molecular formula is C22H17N5O4. The number of nitrogens with one attached hydrogen (secondary N) is 3. The van der Waals surface area contributed by atoms with Crippen LogP contribution in [-0.2, 0) is 11.2 Å². The molecule has 3 N–H and O–H groups in total. The van der Waals surface area contributed by atoms with E-state index in [0.717, 1.165) is 22.5 Å². The second-order valence-corrected chi connectivity index (χ2v) is 7.10. The number of nitrogens with zero attached hydrogens (tertiary/aromatic N) is 2. The van der Waals surface area contributed by atoms with E-state index >= 15 is 0 Å². The first-order valence-corrected chi connectivity index (χ1v) is 9.51. The van der Waals surface area contributed by atoms with Crippen molar-refractivity contribution in [3.05, 3.63) is 82.0 Å². The van der Waals surface area contributed by atoms with E-state index in [9.17, 15) is 14.4 Å². The monoisotopic (exact) mass is 415 g/mol. The van der Waals surface area contributed by atoms with Crippen LogP contribution in [0.1, 0.15) is 21.6 Å². The van der Waals surface area contributed by atoms with Crippen molar-refractivity contribution in [2.24, 2.45) is 0 Å². The summed E-state index contributed by atoms with van der Waals surface area (Å²) >= 11 is 0. The molecule has 0 aliphatic heterocycles. The lowest BCUT2D eigenvalue weighted by molar-refractivity contribution is 0.0600. The zero-order valence-corrected chi connectivity index (χ0v) is 16.4. The number of carbonyl (C=O) groups is 2. The summed E-state index contributed by atoms with van der Waals surface area (Å²) in [5.74, 6) is -0.479. The molecule has 2 amide bonds. The smallest absolute Gasteiger partial charge is 0.337 e. The number of urea groups is 1. The number of fused-ring (bicyclic) bond motifs is 5. The lowest BCUT2D eigenvalue weighted by Crippen LogP contribution is -2.19. The summed E-state index contributed by atoms with van der Waals surface area (Å²) in [6.07, 6.45) is 3.97. The molecule has 5 rings (SSSR count). The Bertz CT molecular complexity index is 1420. The third-order valence-electron chi connectivity index (χ3n) is 5.19. The summed E-state index contributed by atoms with van der Waals surface area (Å²) < 4.78 is 6.49. The van der Waals surface area contributed by atoms with Crippen molar-refractivity contribution >= 4 is 29.0 Å². The topological polar surface area (TPSA) is 118 Å². The van der Waals surface area contributed by atoms with Gasteiger partial charge in [-0.2, -0.15) is 0 Å². The first-order valence-electron chi connectivity index (χ1n) is 9.51.